The maximum absolute atomic E-state index is 12.1. The summed E-state index contributed by atoms with van der Waals surface area (Å²) in [6, 6.07) is 16.9. The van der Waals surface area contributed by atoms with E-state index in [1.54, 1.807) is 22.7 Å². The highest BCUT2D eigenvalue weighted by molar-refractivity contribution is 5.98. The van der Waals surface area contributed by atoms with E-state index >= 15 is 0 Å². The molecule has 7 nitrogen and oxygen atoms in total. The zero-order chi connectivity index (χ0) is 23.2. The Labute approximate surface area is 193 Å². The van der Waals surface area contributed by atoms with Crippen LogP contribution in [0.3, 0.4) is 0 Å². The Morgan fingerprint density at radius 1 is 1.12 bits per heavy atom. The van der Waals surface area contributed by atoms with Crippen molar-refractivity contribution in [3.05, 3.63) is 66.4 Å². The molecule has 2 heterocycles. The summed E-state index contributed by atoms with van der Waals surface area (Å²) in [5.41, 5.74) is 7.32. The predicted octanol–water partition coefficient (Wildman–Crippen LogP) is 3.70. The van der Waals surface area contributed by atoms with Gasteiger partial charge in [0.2, 0.25) is 0 Å². The molecular weight excluding hydrogens is 416 g/mol. The van der Waals surface area contributed by atoms with Crippen molar-refractivity contribution in [2.24, 2.45) is 11.7 Å². The molecule has 1 unspecified atom stereocenters. The molecule has 0 saturated carbocycles. The summed E-state index contributed by atoms with van der Waals surface area (Å²) in [5.74, 6) is 6.28. The van der Waals surface area contributed by atoms with Crippen LogP contribution in [0.1, 0.15) is 30.1 Å². The predicted molar refractivity (Wildman–Crippen MR) is 125 cm³/mol. The lowest BCUT2D eigenvalue weighted by Gasteiger charge is -2.31. The number of hydrogen-bond donors (Lipinski definition) is 1. The van der Waals surface area contributed by atoms with Gasteiger partial charge in [0.15, 0.2) is 0 Å². The van der Waals surface area contributed by atoms with Gasteiger partial charge in [0, 0.05) is 31.4 Å². The molecule has 1 aromatic heterocycles. The van der Waals surface area contributed by atoms with E-state index in [-0.39, 0.29) is 11.8 Å². The van der Waals surface area contributed by atoms with Crippen LogP contribution in [0, 0.1) is 17.8 Å². The number of nitrogens with zero attached hydrogens (tertiary/aromatic N) is 3. The fraction of sp³-hybridized carbons (Fsp3) is 0.269. The third-order valence-corrected chi connectivity index (χ3v) is 5.62. The highest BCUT2D eigenvalue weighted by atomic mass is 16.5. The quantitative estimate of drug-likeness (QED) is 0.590. The van der Waals surface area contributed by atoms with E-state index in [1.807, 2.05) is 54.6 Å². The molecule has 1 fully saturated rings. The van der Waals surface area contributed by atoms with Gasteiger partial charge in [0.25, 0.3) is 11.8 Å². The van der Waals surface area contributed by atoms with Crippen LogP contribution in [0.5, 0.6) is 11.5 Å². The second-order valence-electron chi connectivity index (χ2n) is 8.05. The minimum Gasteiger partial charge on any atom is -0.457 e. The van der Waals surface area contributed by atoms with Crippen molar-refractivity contribution < 1.29 is 14.3 Å². The molecule has 2 aromatic carbocycles. The lowest BCUT2D eigenvalue weighted by molar-refractivity contribution is -0.126. The van der Waals surface area contributed by atoms with Crippen LogP contribution in [0.15, 0.2) is 60.8 Å². The Balaban J connectivity index is 1.50. The Bertz CT molecular complexity index is 1190. The van der Waals surface area contributed by atoms with E-state index in [0.29, 0.717) is 30.1 Å². The van der Waals surface area contributed by atoms with Crippen molar-refractivity contribution in [1.29, 1.82) is 0 Å². The third kappa shape index (κ3) is 5.42. The first-order valence-electron chi connectivity index (χ1n) is 11.0. The standard InChI is InChI=1S/C26H26N4O3/c1-2-7-24(31)29-15-6-8-19(16-29)17-30-18-23(26(27)32)25(28-30)20-11-13-22(14-12-20)33-21-9-4-3-5-10-21/h3-5,9-14,18-19H,6,8,15-17H2,1H3,(H2,27,32). The van der Waals surface area contributed by atoms with Crippen molar-refractivity contribution in [2.75, 3.05) is 13.1 Å². The number of hydrogen-bond acceptors (Lipinski definition) is 4. The number of rotatable bonds is 6. The zero-order valence-electron chi connectivity index (χ0n) is 18.5. The first-order chi connectivity index (χ1) is 16.0. The van der Waals surface area contributed by atoms with Crippen LogP contribution in [0.25, 0.3) is 11.3 Å². The first-order valence-corrected chi connectivity index (χ1v) is 11.0. The molecule has 0 radical (unpaired) electrons. The van der Waals surface area contributed by atoms with Gasteiger partial charge in [0.1, 0.15) is 17.2 Å². The number of ether oxygens (including phenoxy) is 1. The number of carbonyl (C=O) groups excluding carboxylic acids is 2. The molecular formula is C26H26N4O3. The number of piperidine rings is 1. The van der Waals surface area contributed by atoms with Crippen molar-refractivity contribution in [2.45, 2.75) is 26.3 Å². The molecule has 1 aliphatic rings. The van der Waals surface area contributed by atoms with Gasteiger partial charge in [-0.05, 0) is 68.0 Å². The summed E-state index contributed by atoms with van der Waals surface area (Å²) in [4.78, 5) is 26.0. The van der Waals surface area contributed by atoms with Crippen LogP contribution < -0.4 is 10.5 Å². The van der Waals surface area contributed by atoms with Gasteiger partial charge >= 0.3 is 0 Å². The molecule has 1 aliphatic heterocycles. The molecule has 0 spiro atoms. The van der Waals surface area contributed by atoms with E-state index in [1.165, 1.54) is 0 Å². The van der Waals surface area contributed by atoms with Crippen molar-refractivity contribution in [3.63, 3.8) is 0 Å². The Hall–Kier alpha value is -4.05. The van der Waals surface area contributed by atoms with Crippen molar-refractivity contribution in [1.82, 2.24) is 14.7 Å². The molecule has 1 atom stereocenters. The largest absolute Gasteiger partial charge is 0.457 e. The van der Waals surface area contributed by atoms with Crippen LogP contribution >= 0.6 is 0 Å². The van der Waals surface area contributed by atoms with Gasteiger partial charge in [-0.15, -0.1) is 0 Å². The Kier molecular flexibility index (Phi) is 6.75. The molecule has 2 amide bonds. The highest BCUT2D eigenvalue weighted by Gasteiger charge is 2.24. The van der Waals surface area contributed by atoms with Crippen LogP contribution in [-0.4, -0.2) is 39.6 Å². The van der Waals surface area contributed by atoms with E-state index < -0.39 is 5.91 Å². The Morgan fingerprint density at radius 3 is 2.55 bits per heavy atom. The summed E-state index contributed by atoms with van der Waals surface area (Å²) >= 11 is 0. The molecule has 33 heavy (non-hydrogen) atoms. The third-order valence-electron chi connectivity index (χ3n) is 5.62. The molecule has 7 heteroatoms. The maximum Gasteiger partial charge on any atom is 0.298 e. The summed E-state index contributed by atoms with van der Waals surface area (Å²) in [5, 5.41) is 4.66. The summed E-state index contributed by atoms with van der Waals surface area (Å²) < 4.78 is 7.60. The minimum absolute atomic E-state index is 0.140. The Morgan fingerprint density at radius 2 is 1.85 bits per heavy atom. The fourth-order valence-electron chi connectivity index (χ4n) is 4.06. The number of benzene rings is 2. The van der Waals surface area contributed by atoms with Gasteiger partial charge in [-0.25, -0.2) is 0 Å². The number of aromatic nitrogens is 2. The average molecular weight is 443 g/mol. The molecule has 0 bridgehead atoms. The van der Waals surface area contributed by atoms with E-state index in [9.17, 15) is 9.59 Å². The normalized spacial score (nSPS) is 15.4. The van der Waals surface area contributed by atoms with Gasteiger partial charge in [-0.3, -0.25) is 14.3 Å². The molecule has 168 valence electrons. The van der Waals surface area contributed by atoms with Crippen LogP contribution in [0.2, 0.25) is 0 Å². The summed E-state index contributed by atoms with van der Waals surface area (Å²) in [6.45, 7) is 3.60. The van der Waals surface area contributed by atoms with Gasteiger partial charge in [0.05, 0.1) is 5.56 Å². The lowest BCUT2D eigenvalue weighted by atomic mass is 9.98. The van der Waals surface area contributed by atoms with Gasteiger partial charge in [-0.2, -0.15) is 5.10 Å². The first kappa shape index (κ1) is 22.2. The van der Waals surface area contributed by atoms with Crippen LogP contribution in [-0.2, 0) is 11.3 Å². The minimum atomic E-state index is -0.528. The number of likely N-dealkylation sites (tertiary alicyclic amines) is 1. The number of carbonyl (C=O) groups is 2. The molecule has 3 aromatic rings. The molecule has 4 rings (SSSR count). The fourth-order valence-corrected chi connectivity index (χ4v) is 4.06. The number of nitrogens with two attached hydrogens (primary N) is 1. The zero-order valence-corrected chi connectivity index (χ0v) is 18.5. The number of para-hydroxylation sites is 1. The number of amides is 2. The van der Waals surface area contributed by atoms with Crippen LogP contribution in [0.4, 0.5) is 0 Å². The molecule has 2 N–H and O–H groups in total. The SMILES string of the molecule is CC#CC(=O)N1CCCC(Cn2cc(C(N)=O)c(-c3ccc(Oc4ccccc4)cc3)n2)C1. The molecule has 1 saturated heterocycles. The topological polar surface area (TPSA) is 90.5 Å². The van der Waals surface area contributed by atoms with Gasteiger partial charge in [-0.1, -0.05) is 24.1 Å². The van der Waals surface area contributed by atoms with Gasteiger partial charge < -0.3 is 15.4 Å². The lowest BCUT2D eigenvalue weighted by Crippen LogP contribution is -2.40. The monoisotopic (exact) mass is 442 g/mol. The van der Waals surface area contributed by atoms with Crippen molar-refractivity contribution in [3.8, 4) is 34.6 Å². The van der Waals surface area contributed by atoms with Crippen molar-refractivity contribution >= 4 is 11.8 Å². The highest BCUT2D eigenvalue weighted by Crippen LogP contribution is 2.28. The second kappa shape index (κ2) is 10.0. The average Bonchev–Trinajstić information content (AvgIpc) is 3.25. The second-order valence-corrected chi connectivity index (χ2v) is 8.05. The number of primary amides is 1. The maximum atomic E-state index is 12.1. The summed E-state index contributed by atoms with van der Waals surface area (Å²) in [6.07, 6.45) is 3.59. The van der Waals surface area contributed by atoms with E-state index in [4.69, 9.17) is 10.5 Å². The van der Waals surface area contributed by atoms with E-state index in [0.717, 1.165) is 30.7 Å². The summed E-state index contributed by atoms with van der Waals surface area (Å²) in [7, 11) is 0. The smallest absolute Gasteiger partial charge is 0.298 e. The van der Waals surface area contributed by atoms with E-state index in [2.05, 4.69) is 16.9 Å². The molecule has 0 aliphatic carbocycles.